The van der Waals surface area contributed by atoms with Crippen LogP contribution in [0.5, 0.6) is 0 Å². The van der Waals surface area contributed by atoms with Gasteiger partial charge in [0.2, 0.25) is 0 Å². The van der Waals surface area contributed by atoms with E-state index in [1.807, 2.05) is 0 Å². The predicted molar refractivity (Wildman–Crippen MR) is 172 cm³/mol. The van der Waals surface area contributed by atoms with Crippen molar-refractivity contribution in [2.24, 2.45) is 0 Å². The van der Waals surface area contributed by atoms with Gasteiger partial charge in [-0.15, -0.1) is 0 Å². The number of hydrogen-bond acceptors (Lipinski definition) is 1. The summed E-state index contributed by atoms with van der Waals surface area (Å²) in [5.74, 6) is 0. The lowest BCUT2D eigenvalue weighted by atomic mass is 10.1. The third-order valence-corrected chi connectivity index (χ3v) is 7.42. The van der Waals surface area contributed by atoms with Crippen LogP contribution in [-0.2, 0) is 0 Å². The highest BCUT2D eigenvalue weighted by Crippen LogP contribution is 2.10. The van der Waals surface area contributed by atoms with Crippen molar-refractivity contribution < 1.29 is 0 Å². The molecule has 0 atom stereocenters. The van der Waals surface area contributed by atoms with Gasteiger partial charge >= 0.3 is 0 Å². The van der Waals surface area contributed by atoms with Crippen molar-refractivity contribution in [3.05, 3.63) is 36.5 Å². The van der Waals surface area contributed by atoms with Crippen LogP contribution in [0.25, 0.3) is 0 Å². The summed E-state index contributed by atoms with van der Waals surface area (Å²) >= 11 is 0. The molecule has 1 nitrogen and oxygen atoms in total. The zero-order valence-corrected chi connectivity index (χ0v) is 25.8. The molecule has 0 fully saturated rings. The van der Waals surface area contributed by atoms with E-state index in [1.54, 1.807) is 0 Å². The highest BCUT2D eigenvalue weighted by atomic mass is 14.8. The van der Waals surface area contributed by atoms with E-state index >= 15 is 0 Å². The molecule has 37 heavy (non-hydrogen) atoms. The Kier molecular flexibility index (Phi) is 34.4. The Bertz CT molecular complexity index is 475. The summed E-state index contributed by atoms with van der Waals surface area (Å²) in [5, 5.41) is 3.66. The van der Waals surface area contributed by atoms with Gasteiger partial charge in [0.1, 0.15) is 0 Å². The molecular weight excluding hydrogens is 446 g/mol. The summed E-state index contributed by atoms with van der Waals surface area (Å²) in [7, 11) is 0. The van der Waals surface area contributed by atoms with Gasteiger partial charge in [0.15, 0.2) is 0 Å². The fraction of sp³-hybridized carbons (Fsp3) is 0.833. The third kappa shape index (κ3) is 35.2. The van der Waals surface area contributed by atoms with Gasteiger partial charge in [-0.2, -0.15) is 0 Å². The van der Waals surface area contributed by atoms with Crippen LogP contribution >= 0.6 is 0 Å². The second-order valence-corrected chi connectivity index (χ2v) is 11.3. The van der Waals surface area contributed by atoms with Gasteiger partial charge in [-0.1, -0.05) is 147 Å². The molecule has 0 saturated carbocycles. The molecule has 218 valence electrons. The predicted octanol–water partition coefficient (Wildman–Crippen LogP) is 12.4. The van der Waals surface area contributed by atoms with Crippen molar-refractivity contribution >= 4 is 0 Å². The van der Waals surface area contributed by atoms with Crippen LogP contribution < -0.4 is 5.32 Å². The minimum absolute atomic E-state index is 1.12. The van der Waals surface area contributed by atoms with Crippen LogP contribution in [0.4, 0.5) is 0 Å². The van der Waals surface area contributed by atoms with E-state index in [0.29, 0.717) is 0 Å². The van der Waals surface area contributed by atoms with Crippen LogP contribution in [0.2, 0.25) is 0 Å². The molecule has 0 bridgehead atoms. The normalized spacial score (nSPS) is 12.2. The van der Waals surface area contributed by atoms with Crippen LogP contribution in [0, 0.1) is 0 Å². The van der Waals surface area contributed by atoms with E-state index in [4.69, 9.17) is 0 Å². The molecule has 0 aliphatic rings. The van der Waals surface area contributed by atoms with Gasteiger partial charge in [-0.25, -0.2) is 0 Å². The summed E-state index contributed by atoms with van der Waals surface area (Å²) in [6, 6.07) is 0. The molecular formula is C36H69N. The van der Waals surface area contributed by atoms with E-state index in [0.717, 1.165) is 6.42 Å². The van der Waals surface area contributed by atoms with E-state index in [-0.39, 0.29) is 0 Å². The smallest absolute Gasteiger partial charge is 0.00489 e. The van der Waals surface area contributed by atoms with Crippen molar-refractivity contribution in [1.29, 1.82) is 0 Å². The first-order valence-corrected chi connectivity index (χ1v) is 17.1. The molecule has 0 radical (unpaired) electrons. The molecule has 0 spiro atoms. The molecule has 0 heterocycles. The summed E-state index contributed by atoms with van der Waals surface area (Å²) in [5.41, 5.74) is 0. The Hall–Kier alpha value is -0.820. The van der Waals surface area contributed by atoms with E-state index in [2.05, 4.69) is 55.6 Å². The topological polar surface area (TPSA) is 12.0 Å². The van der Waals surface area contributed by atoms with E-state index in [9.17, 15) is 0 Å². The number of allylic oxidation sites excluding steroid dienone is 6. The maximum atomic E-state index is 3.66. The maximum absolute atomic E-state index is 3.66. The molecule has 0 unspecified atom stereocenters. The number of hydrogen-bond donors (Lipinski definition) is 1. The molecule has 0 aromatic carbocycles. The summed E-state index contributed by atoms with van der Waals surface area (Å²) in [4.78, 5) is 0. The van der Waals surface area contributed by atoms with Crippen molar-refractivity contribution in [3.8, 4) is 0 Å². The molecule has 0 amide bonds. The summed E-state index contributed by atoms with van der Waals surface area (Å²) < 4.78 is 0. The van der Waals surface area contributed by atoms with Crippen LogP contribution in [0.3, 0.4) is 0 Å². The van der Waals surface area contributed by atoms with Gasteiger partial charge in [-0.05, 0) is 83.7 Å². The highest BCUT2D eigenvalue weighted by molar-refractivity contribution is 4.92. The lowest BCUT2D eigenvalue weighted by Crippen LogP contribution is -2.16. The van der Waals surface area contributed by atoms with Gasteiger partial charge in [0.05, 0.1) is 0 Å². The highest BCUT2D eigenvalue weighted by Gasteiger charge is 1.94. The molecule has 0 aliphatic heterocycles. The average molecular weight is 516 g/mol. The van der Waals surface area contributed by atoms with Gasteiger partial charge in [-0.3, -0.25) is 0 Å². The quantitative estimate of drug-likeness (QED) is 0.0714. The van der Waals surface area contributed by atoms with Crippen LogP contribution in [-0.4, -0.2) is 13.1 Å². The number of nitrogens with one attached hydrogen (secondary N) is 1. The zero-order valence-electron chi connectivity index (χ0n) is 25.8. The monoisotopic (exact) mass is 516 g/mol. The second kappa shape index (κ2) is 35.2. The molecule has 0 aliphatic carbocycles. The number of unbranched alkanes of at least 4 members (excludes halogenated alkanes) is 21. The molecule has 1 N–H and O–H groups in total. The largest absolute Gasteiger partial charge is 0.317 e. The van der Waals surface area contributed by atoms with Gasteiger partial charge in [0.25, 0.3) is 0 Å². The minimum Gasteiger partial charge on any atom is -0.317 e. The van der Waals surface area contributed by atoms with Crippen LogP contribution in [0.1, 0.15) is 181 Å². The van der Waals surface area contributed by atoms with Crippen molar-refractivity contribution in [3.63, 3.8) is 0 Å². The Balaban J connectivity index is 3.12. The Morgan fingerprint density at radius 2 is 0.622 bits per heavy atom. The lowest BCUT2D eigenvalue weighted by Gasteiger charge is -2.05. The fourth-order valence-corrected chi connectivity index (χ4v) is 4.86. The van der Waals surface area contributed by atoms with Crippen molar-refractivity contribution in [2.45, 2.75) is 181 Å². The maximum Gasteiger partial charge on any atom is -0.00489 e. The van der Waals surface area contributed by atoms with Crippen molar-refractivity contribution in [2.75, 3.05) is 13.1 Å². The lowest BCUT2D eigenvalue weighted by molar-refractivity contribution is 0.540. The van der Waals surface area contributed by atoms with E-state index < -0.39 is 0 Å². The third-order valence-electron chi connectivity index (χ3n) is 7.42. The Labute approximate surface area is 235 Å². The summed E-state index contributed by atoms with van der Waals surface area (Å²) in [6.45, 7) is 7.01. The van der Waals surface area contributed by atoms with Gasteiger partial charge in [0, 0.05) is 0 Å². The average Bonchev–Trinajstić information content (AvgIpc) is 2.91. The first-order valence-electron chi connectivity index (χ1n) is 17.1. The zero-order chi connectivity index (χ0) is 26.7. The summed E-state index contributed by atoms with van der Waals surface area (Å²) in [6.07, 6.45) is 49.8. The first kappa shape index (κ1) is 36.2. The standard InChI is InChI=1S/C36H69N/c1-3-5-7-9-11-13-15-17-19-21-23-25-27-29-31-33-35-37-36-34-32-30-28-26-24-22-20-18-16-14-12-10-8-6-4-2/h11,13,17-20,37H,3-10,12,14-16,21-36H2,1-2H3. The fourth-order valence-electron chi connectivity index (χ4n) is 4.86. The molecule has 0 aromatic rings. The molecule has 0 rings (SSSR count). The van der Waals surface area contributed by atoms with Crippen LogP contribution in [0.15, 0.2) is 36.5 Å². The molecule has 0 saturated heterocycles. The molecule has 0 aromatic heterocycles. The first-order chi connectivity index (χ1) is 18.4. The minimum atomic E-state index is 1.12. The second-order valence-electron chi connectivity index (χ2n) is 11.3. The molecule has 1 heteroatoms. The van der Waals surface area contributed by atoms with Crippen molar-refractivity contribution in [1.82, 2.24) is 5.32 Å². The van der Waals surface area contributed by atoms with E-state index in [1.165, 1.54) is 174 Å². The SMILES string of the molecule is CCCCCC=CCC=CCCCCCCCCNCCCCCCCCC=CCCCCCCCC. The van der Waals surface area contributed by atoms with Gasteiger partial charge < -0.3 is 5.32 Å². The Morgan fingerprint density at radius 3 is 1.05 bits per heavy atom. The number of rotatable bonds is 31. The Morgan fingerprint density at radius 1 is 0.324 bits per heavy atom.